The van der Waals surface area contributed by atoms with Crippen LogP contribution in [0.15, 0.2) is 35.5 Å². The Labute approximate surface area is 309 Å². The van der Waals surface area contributed by atoms with Gasteiger partial charge in [0.2, 0.25) is 16.6 Å². The maximum Gasteiger partial charge on any atom is 0.201 e. The van der Waals surface area contributed by atoms with Gasteiger partial charge in [0.15, 0.2) is 0 Å². The molecule has 0 aromatic carbocycles. The molecular formula is C45H84O2Si2. The second-order valence-electron chi connectivity index (χ2n) is 19.8. The summed E-state index contributed by atoms with van der Waals surface area (Å²) in [5.74, 6) is 3.25. The van der Waals surface area contributed by atoms with Crippen LogP contribution in [0.25, 0.3) is 0 Å². The van der Waals surface area contributed by atoms with Crippen molar-refractivity contribution in [1.82, 2.24) is 0 Å². The van der Waals surface area contributed by atoms with Crippen molar-refractivity contribution < 1.29 is 8.85 Å². The summed E-state index contributed by atoms with van der Waals surface area (Å²) in [4.78, 5) is 0. The van der Waals surface area contributed by atoms with Crippen molar-refractivity contribution >= 4 is 16.6 Å². The second kappa shape index (κ2) is 17.6. The Bertz CT molecular complexity index is 1080. The zero-order chi connectivity index (χ0) is 37.1. The Balaban J connectivity index is 2.00. The van der Waals surface area contributed by atoms with E-state index in [9.17, 15) is 0 Å². The van der Waals surface area contributed by atoms with Gasteiger partial charge < -0.3 is 8.85 Å². The summed E-state index contributed by atoms with van der Waals surface area (Å²) in [5.41, 5.74) is 8.18. The first-order valence-corrected chi connectivity index (χ1v) is 25.5. The molecule has 284 valence electrons. The van der Waals surface area contributed by atoms with Crippen LogP contribution in [0.5, 0.6) is 0 Å². The summed E-state index contributed by atoms with van der Waals surface area (Å²) < 4.78 is 15.2. The molecule has 0 amide bonds. The average Bonchev–Trinajstić information content (AvgIpc) is 3.35. The zero-order valence-electron chi connectivity index (χ0n) is 35.7. The van der Waals surface area contributed by atoms with Gasteiger partial charge in [-0.2, -0.15) is 0 Å². The van der Waals surface area contributed by atoms with Crippen molar-refractivity contribution in [2.45, 2.75) is 220 Å². The first-order valence-electron chi connectivity index (χ1n) is 21.2. The first-order chi connectivity index (χ1) is 22.7. The van der Waals surface area contributed by atoms with Crippen LogP contribution in [0.1, 0.15) is 175 Å². The van der Waals surface area contributed by atoms with E-state index in [-0.39, 0.29) is 12.2 Å². The lowest BCUT2D eigenvalue weighted by Crippen LogP contribution is -2.54. The fourth-order valence-corrected chi connectivity index (χ4v) is 23.4. The summed E-state index contributed by atoms with van der Waals surface area (Å²) in [6.07, 6.45) is 18.2. The largest absolute Gasteiger partial charge is 0.413 e. The van der Waals surface area contributed by atoms with Crippen LogP contribution in [-0.2, 0) is 8.85 Å². The van der Waals surface area contributed by atoms with E-state index in [1.54, 1.807) is 5.57 Å². The first kappa shape index (κ1) is 43.0. The van der Waals surface area contributed by atoms with E-state index in [1.807, 2.05) is 0 Å². The molecule has 0 bridgehead atoms. The summed E-state index contributed by atoms with van der Waals surface area (Å²) in [6, 6.07) is 0. The Morgan fingerprint density at radius 1 is 0.735 bits per heavy atom. The number of allylic oxidation sites excluding steroid dienone is 3. The van der Waals surface area contributed by atoms with Crippen molar-refractivity contribution in [3.63, 3.8) is 0 Å². The minimum atomic E-state index is -2.11. The lowest BCUT2D eigenvalue weighted by Gasteiger charge is -2.49. The highest BCUT2D eigenvalue weighted by atomic mass is 28.4. The Morgan fingerprint density at radius 3 is 1.78 bits per heavy atom. The summed E-state index contributed by atoms with van der Waals surface area (Å²) >= 11 is 0. The fraction of sp³-hybridized carbons (Fsp3) is 0.867. The third-order valence-corrected chi connectivity index (χ3v) is 26.8. The van der Waals surface area contributed by atoms with Gasteiger partial charge in [0.05, 0.1) is 12.2 Å². The zero-order valence-corrected chi connectivity index (χ0v) is 37.7. The van der Waals surface area contributed by atoms with Crippen LogP contribution in [-0.4, -0.2) is 28.8 Å². The van der Waals surface area contributed by atoms with Crippen molar-refractivity contribution in [3.8, 4) is 0 Å². The predicted molar refractivity (Wildman–Crippen MR) is 222 cm³/mol. The van der Waals surface area contributed by atoms with Gasteiger partial charge in [-0.1, -0.05) is 154 Å². The quantitative estimate of drug-likeness (QED) is 0.148. The van der Waals surface area contributed by atoms with E-state index < -0.39 is 16.6 Å². The monoisotopic (exact) mass is 713 g/mol. The number of hydrogen-bond acceptors (Lipinski definition) is 2. The van der Waals surface area contributed by atoms with Crippen LogP contribution in [0.3, 0.4) is 0 Å². The summed E-state index contributed by atoms with van der Waals surface area (Å²) in [6.45, 7) is 43.9. The van der Waals surface area contributed by atoms with E-state index in [4.69, 9.17) is 15.4 Å². The molecule has 0 unspecified atom stereocenters. The highest BCUT2D eigenvalue weighted by Gasteiger charge is 2.52. The van der Waals surface area contributed by atoms with Gasteiger partial charge in [0, 0.05) is 6.42 Å². The number of hydrogen-bond donors (Lipinski definition) is 0. The lowest BCUT2D eigenvalue weighted by atomic mass is 9.60. The molecule has 0 aromatic heterocycles. The van der Waals surface area contributed by atoms with Gasteiger partial charge in [-0.15, -0.1) is 0 Å². The fourth-order valence-electron chi connectivity index (χ4n) is 12.3. The van der Waals surface area contributed by atoms with Gasteiger partial charge in [-0.05, 0) is 112 Å². The van der Waals surface area contributed by atoms with Crippen LogP contribution in [0, 0.1) is 29.1 Å². The molecule has 3 saturated carbocycles. The highest BCUT2D eigenvalue weighted by molar-refractivity contribution is 6.78. The lowest BCUT2D eigenvalue weighted by molar-refractivity contribution is 0.0909. The minimum Gasteiger partial charge on any atom is -0.413 e. The van der Waals surface area contributed by atoms with Gasteiger partial charge >= 0.3 is 0 Å². The summed E-state index contributed by atoms with van der Waals surface area (Å²) in [5, 5.41) is 0. The molecule has 3 aliphatic rings. The SMILES string of the molecule is C=C1/C(=C\C=C2/CCC[C@]3(C)[C@@H]([C@H](C)CCCC(C)C)CC[C@@H]23)C[C@@H](O[Si](C(C)C)(C(C)C)C(C)C)C[C@@H]1O[Si](C(C)C)(C(C)C)C(C)C. The van der Waals surface area contributed by atoms with Crippen molar-refractivity contribution in [2.24, 2.45) is 29.1 Å². The third-order valence-electron chi connectivity index (χ3n) is 14.5. The van der Waals surface area contributed by atoms with Crippen molar-refractivity contribution in [3.05, 3.63) is 35.5 Å². The van der Waals surface area contributed by atoms with Crippen LogP contribution in [0.4, 0.5) is 0 Å². The molecule has 0 saturated heterocycles. The third kappa shape index (κ3) is 9.04. The molecule has 6 atom stereocenters. The van der Waals surface area contributed by atoms with Crippen molar-refractivity contribution in [1.29, 1.82) is 0 Å². The van der Waals surface area contributed by atoms with E-state index in [1.165, 1.54) is 62.5 Å². The van der Waals surface area contributed by atoms with Crippen molar-refractivity contribution in [2.75, 3.05) is 0 Å². The smallest absolute Gasteiger partial charge is 0.201 e. The molecule has 0 N–H and O–H groups in total. The average molecular weight is 713 g/mol. The molecule has 0 aliphatic heterocycles. The molecule has 0 spiro atoms. The maximum absolute atomic E-state index is 7.61. The molecule has 2 nitrogen and oxygen atoms in total. The normalized spacial score (nSPS) is 29.7. The topological polar surface area (TPSA) is 18.5 Å². The second-order valence-corrected chi connectivity index (χ2v) is 30.6. The highest BCUT2D eigenvalue weighted by Crippen LogP contribution is 2.60. The minimum absolute atomic E-state index is 0.0413. The van der Waals surface area contributed by atoms with E-state index >= 15 is 0 Å². The van der Waals surface area contributed by atoms with E-state index in [0.29, 0.717) is 38.7 Å². The van der Waals surface area contributed by atoms with Crippen LogP contribution >= 0.6 is 0 Å². The Hall–Kier alpha value is -0.426. The molecule has 3 aliphatic carbocycles. The predicted octanol–water partition coefficient (Wildman–Crippen LogP) is 15.0. The molecule has 4 heteroatoms. The van der Waals surface area contributed by atoms with Gasteiger partial charge in [-0.3, -0.25) is 0 Å². The Kier molecular flexibility index (Phi) is 15.4. The molecular weight excluding hydrogens is 629 g/mol. The molecule has 0 radical (unpaired) electrons. The summed E-state index contributed by atoms with van der Waals surface area (Å²) in [7, 11) is -4.16. The van der Waals surface area contributed by atoms with E-state index in [2.05, 4.69) is 123 Å². The van der Waals surface area contributed by atoms with Crippen LogP contribution < -0.4 is 0 Å². The molecule has 0 aromatic rings. The molecule has 3 rings (SSSR count). The van der Waals surface area contributed by atoms with E-state index in [0.717, 1.165) is 36.5 Å². The Morgan fingerprint density at radius 2 is 1.27 bits per heavy atom. The standard InChI is InChI=1S/C45H84O2Si2/c1-30(2)20-18-21-37(15)42-25-26-43-39(22-19-27-45(42,43)17)23-24-40-28-41(46-48(31(3)4,32(5)6)33(7)8)29-44(38(40)16)47-49(34(9)10,35(11)12)36(13)14/h23-24,30-37,41-44H,16,18-22,25-29H2,1-15,17H3/b39-23+,40-24-/t37-,41-,42-,43+,44+,45-/m1/s1. The molecule has 49 heavy (non-hydrogen) atoms. The number of rotatable bonds is 16. The molecule has 0 heterocycles. The number of fused-ring (bicyclic) bond motifs is 1. The molecule has 3 fully saturated rings. The maximum atomic E-state index is 7.61. The van der Waals surface area contributed by atoms with Crippen LogP contribution in [0.2, 0.25) is 33.2 Å². The van der Waals surface area contributed by atoms with Gasteiger partial charge in [0.25, 0.3) is 0 Å². The van der Waals surface area contributed by atoms with Gasteiger partial charge in [-0.25, -0.2) is 0 Å². The van der Waals surface area contributed by atoms with Gasteiger partial charge in [0.1, 0.15) is 0 Å².